The molecule has 1 atom stereocenters. The first-order chi connectivity index (χ1) is 13.1. The lowest BCUT2D eigenvalue weighted by molar-refractivity contribution is -0.122. The van der Waals surface area contributed by atoms with Crippen LogP contribution in [-0.2, 0) is 17.8 Å². The van der Waals surface area contributed by atoms with Crippen molar-refractivity contribution in [1.29, 1.82) is 0 Å². The van der Waals surface area contributed by atoms with Gasteiger partial charge in [0.05, 0.1) is 5.69 Å². The number of benzene rings is 2. The quantitative estimate of drug-likeness (QED) is 0.620. The van der Waals surface area contributed by atoms with Crippen molar-refractivity contribution in [2.75, 3.05) is 0 Å². The van der Waals surface area contributed by atoms with E-state index in [-0.39, 0.29) is 24.3 Å². The molecule has 3 aromatic rings. The highest BCUT2D eigenvalue weighted by molar-refractivity contribution is 6.08. The van der Waals surface area contributed by atoms with Gasteiger partial charge in [-0.15, -0.1) is 0 Å². The van der Waals surface area contributed by atoms with Crippen LogP contribution in [-0.4, -0.2) is 22.3 Å². The Balaban J connectivity index is 1.55. The molecule has 0 saturated carbocycles. The maximum absolute atomic E-state index is 12.6. The van der Waals surface area contributed by atoms with E-state index in [4.69, 9.17) is 0 Å². The minimum atomic E-state index is -0.0890. The predicted octanol–water partition coefficient (Wildman–Crippen LogP) is 3.86. The number of rotatable bonds is 8. The number of carbonyl (C=O) groups excluding carboxylic acids is 2. The number of aryl methyl sites for hydroxylation is 1. The van der Waals surface area contributed by atoms with Crippen LogP contribution in [0.4, 0.5) is 0 Å². The zero-order valence-corrected chi connectivity index (χ0v) is 15.5. The van der Waals surface area contributed by atoms with E-state index in [0.717, 1.165) is 12.8 Å². The van der Waals surface area contributed by atoms with Crippen LogP contribution in [0.25, 0.3) is 0 Å². The third-order valence-corrected chi connectivity index (χ3v) is 4.53. The van der Waals surface area contributed by atoms with E-state index < -0.39 is 0 Å². The summed E-state index contributed by atoms with van der Waals surface area (Å²) < 4.78 is 1.70. The molecule has 4 heteroatoms. The zero-order valence-electron chi connectivity index (χ0n) is 15.5. The molecule has 3 rings (SSSR count). The fourth-order valence-corrected chi connectivity index (χ4v) is 3.07. The maximum atomic E-state index is 12.6. The molecular weight excluding hydrogens is 336 g/mol. The van der Waals surface area contributed by atoms with Gasteiger partial charge in [0.15, 0.2) is 0 Å². The Morgan fingerprint density at radius 2 is 1.59 bits per heavy atom. The lowest BCUT2D eigenvalue weighted by Crippen LogP contribution is -2.35. The van der Waals surface area contributed by atoms with Crippen molar-refractivity contribution in [3.05, 3.63) is 95.8 Å². The number of amides is 1. The number of ketones is 1. The van der Waals surface area contributed by atoms with E-state index in [9.17, 15) is 9.59 Å². The summed E-state index contributed by atoms with van der Waals surface area (Å²) in [5.41, 5.74) is 2.40. The number of nitrogens with zero attached hydrogens (tertiary/aromatic N) is 1. The van der Waals surface area contributed by atoms with Gasteiger partial charge in [-0.1, -0.05) is 60.7 Å². The molecule has 4 nitrogen and oxygen atoms in total. The third kappa shape index (κ3) is 5.17. The standard InChI is InChI=1S/C23H24N2O2/c1-18(14-15-19-9-4-2-5-10-19)24-22(26)17-25-16-8-13-21(25)23(27)20-11-6-3-7-12-20/h2-13,16,18H,14-15,17H2,1H3,(H,24,26)/t18-/m0/s1. The van der Waals surface area contributed by atoms with Crippen LogP contribution in [0.1, 0.15) is 35.0 Å². The molecule has 0 aliphatic rings. The number of hydrogen-bond donors (Lipinski definition) is 1. The first kappa shape index (κ1) is 18.6. The molecule has 0 spiro atoms. The van der Waals surface area contributed by atoms with Gasteiger partial charge in [-0.2, -0.15) is 0 Å². The van der Waals surface area contributed by atoms with Crippen LogP contribution in [0.15, 0.2) is 79.0 Å². The number of nitrogens with one attached hydrogen (secondary N) is 1. The summed E-state index contributed by atoms with van der Waals surface area (Å²) in [5.74, 6) is -0.167. The molecule has 0 saturated heterocycles. The average molecular weight is 360 g/mol. The molecule has 0 unspecified atom stereocenters. The van der Waals surface area contributed by atoms with E-state index in [1.54, 1.807) is 35.0 Å². The first-order valence-corrected chi connectivity index (χ1v) is 9.21. The largest absolute Gasteiger partial charge is 0.352 e. The summed E-state index contributed by atoms with van der Waals surface area (Å²) in [5, 5.41) is 3.02. The molecule has 2 aromatic carbocycles. The van der Waals surface area contributed by atoms with E-state index in [1.165, 1.54) is 5.56 Å². The van der Waals surface area contributed by atoms with E-state index >= 15 is 0 Å². The fourth-order valence-electron chi connectivity index (χ4n) is 3.07. The van der Waals surface area contributed by atoms with Crippen LogP contribution in [0, 0.1) is 0 Å². The lowest BCUT2D eigenvalue weighted by atomic mass is 10.1. The van der Waals surface area contributed by atoms with Crippen molar-refractivity contribution in [2.45, 2.75) is 32.4 Å². The summed E-state index contributed by atoms with van der Waals surface area (Å²) in [7, 11) is 0. The van der Waals surface area contributed by atoms with Crippen LogP contribution < -0.4 is 5.32 Å². The highest BCUT2D eigenvalue weighted by Gasteiger charge is 2.15. The van der Waals surface area contributed by atoms with Gasteiger partial charge in [0.25, 0.3) is 0 Å². The smallest absolute Gasteiger partial charge is 0.240 e. The Morgan fingerprint density at radius 3 is 2.30 bits per heavy atom. The minimum absolute atomic E-state index is 0.0709. The lowest BCUT2D eigenvalue weighted by Gasteiger charge is -2.15. The Bertz CT molecular complexity index is 885. The molecular formula is C23H24N2O2. The molecule has 0 radical (unpaired) electrons. The second-order valence-electron chi connectivity index (χ2n) is 6.71. The van der Waals surface area contributed by atoms with E-state index in [2.05, 4.69) is 17.4 Å². The molecule has 138 valence electrons. The second kappa shape index (κ2) is 8.99. The molecule has 1 aromatic heterocycles. The summed E-state index contributed by atoms with van der Waals surface area (Å²) in [6, 6.07) is 23.0. The molecule has 0 aliphatic carbocycles. The predicted molar refractivity (Wildman–Crippen MR) is 107 cm³/mol. The highest BCUT2D eigenvalue weighted by Crippen LogP contribution is 2.11. The Kier molecular flexibility index (Phi) is 6.21. The minimum Gasteiger partial charge on any atom is -0.352 e. The van der Waals surface area contributed by atoms with Crippen molar-refractivity contribution >= 4 is 11.7 Å². The zero-order chi connectivity index (χ0) is 19.1. The van der Waals surface area contributed by atoms with Gasteiger partial charge in [0, 0.05) is 17.8 Å². The SMILES string of the molecule is C[C@@H](CCc1ccccc1)NC(=O)Cn1cccc1C(=O)c1ccccc1. The van der Waals surface area contributed by atoms with Gasteiger partial charge >= 0.3 is 0 Å². The van der Waals surface area contributed by atoms with Crippen LogP contribution in [0.5, 0.6) is 0 Å². The summed E-state index contributed by atoms with van der Waals surface area (Å²) in [4.78, 5) is 25.0. The van der Waals surface area contributed by atoms with Crippen LogP contribution in [0.3, 0.4) is 0 Å². The van der Waals surface area contributed by atoms with Crippen molar-refractivity contribution in [3.8, 4) is 0 Å². The van der Waals surface area contributed by atoms with E-state index in [1.807, 2.05) is 43.3 Å². The third-order valence-electron chi connectivity index (χ3n) is 4.53. The maximum Gasteiger partial charge on any atom is 0.240 e. The summed E-state index contributed by atoms with van der Waals surface area (Å²) >= 11 is 0. The van der Waals surface area contributed by atoms with Gasteiger partial charge in [0.2, 0.25) is 11.7 Å². The van der Waals surface area contributed by atoms with Gasteiger partial charge in [-0.25, -0.2) is 0 Å². The Labute approximate surface area is 159 Å². The van der Waals surface area contributed by atoms with Gasteiger partial charge < -0.3 is 9.88 Å². The molecule has 0 fully saturated rings. The van der Waals surface area contributed by atoms with Crippen LogP contribution >= 0.6 is 0 Å². The Hall–Kier alpha value is -3.14. The molecule has 1 N–H and O–H groups in total. The van der Waals surface area contributed by atoms with Gasteiger partial charge in [-0.05, 0) is 37.5 Å². The van der Waals surface area contributed by atoms with Crippen molar-refractivity contribution in [3.63, 3.8) is 0 Å². The summed E-state index contributed by atoms with van der Waals surface area (Å²) in [6.45, 7) is 2.14. The average Bonchev–Trinajstić information content (AvgIpc) is 3.15. The molecule has 0 aliphatic heterocycles. The summed E-state index contributed by atoms with van der Waals surface area (Å²) in [6.07, 6.45) is 3.56. The molecule has 0 bridgehead atoms. The highest BCUT2D eigenvalue weighted by atomic mass is 16.2. The van der Waals surface area contributed by atoms with Crippen molar-refractivity contribution < 1.29 is 9.59 Å². The van der Waals surface area contributed by atoms with E-state index in [0.29, 0.717) is 11.3 Å². The fraction of sp³-hybridized carbons (Fsp3) is 0.217. The van der Waals surface area contributed by atoms with Crippen LogP contribution in [0.2, 0.25) is 0 Å². The number of carbonyl (C=O) groups is 2. The monoisotopic (exact) mass is 360 g/mol. The molecule has 1 heterocycles. The topological polar surface area (TPSA) is 51.1 Å². The Morgan fingerprint density at radius 1 is 0.926 bits per heavy atom. The molecule has 1 amide bonds. The van der Waals surface area contributed by atoms with Crippen molar-refractivity contribution in [1.82, 2.24) is 9.88 Å². The molecule has 27 heavy (non-hydrogen) atoms. The van der Waals surface area contributed by atoms with Crippen molar-refractivity contribution in [2.24, 2.45) is 0 Å². The first-order valence-electron chi connectivity index (χ1n) is 9.21. The normalized spacial score (nSPS) is 11.7. The van der Waals surface area contributed by atoms with Gasteiger partial charge in [0.1, 0.15) is 6.54 Å². The number of aromatic nitrogens is 1. The van der Waals surface area contributed by atoms with Gasteiger partial charge in [-0.3, -0.25) is 9.59 Å². The number of hydrogen-bond acceptors (Lipinski definition) is 2. The second-order valence-corrected chi connectivity index (χ2v) is 6.71.